The zero-order chi connectivity index (χ0) is 14.7. The molecule has 2 rings (SSSR count). The van der Waals surface area contributed by atoms with Crippen LogP contribution in [0.1, 0.15) is 19.4 Å². The van der Waals surface area contributed by atoms with E-state index < -0.39 is 0 Å². The highest BCUT2D eigenvalue weighted by atomic mass is 16.5. The molecule has 0 bridgehead atoms. The molecule has 0 spiro atoms. The van der Waals surface area contributed by atoms with E-state index in [1.165, 1.54) is 0 Å². The van der Waals surface area contributed by atoms with Gasteiger partial charge in [0.1, 0.15) is 5.75 Å². The van der Waals surface area contributed by atoms with Crippen LogP contribution in [-0.2, 0) is 11.3 Å². The van der Waals surface area contributed by atoms with Crippen molar-refractivity contribution < 1.29 is 9.53 Å². The molecule has 2 aromatic rings. The summed E-state index contributed by atoms with van der Waals surface area (Å²) in [5, 5.41) is 3.30. The molecule has 0 saturated carbocycles. The van der Waals surface area contributed by atoms with E-state index >= 15 is 0 Å². The molecule has 1 aromatic heterocycles. The van der Waals surface area contributed by atoms with E-state index in [1.807, 2.05) is 13.8 Å². The van der Waals surface area contributed by atoms with Gasteiger partial charge in [-0.25, -0.2) is 0 Å². The largest absolute Gasteiger partial charge is 0.497 e. The van der Waals surface area contributed by atoms with Crippen LogP contribution >= 0.6 is 0 Å². The number of ether oxygens (including phenoxy) is 1. The van der Waals surface area contributed by atoms with Crippen LogP contribution in [-0.4, -0.2) is 18.0 Å². The summed E-state index contributed by atoms with van der Waals surface area (Å²) in [7, 11) is 1.56. The summed E-state index contributed by atoms with van der Waals surface area (Å²) in [5.74, 6) is 0.455. The standard InChI is InChI=1S/C15H18N2O3/c1-9(2)15(19)17-8-10-7-16-13-5-4-11(20-3)6-12(13)14(10)18/h4-7,9H,8H2,1-3H3,(H,16,18)(H,17,19). The van der Waals surface area contributed by atoms with Gasteiger partial charge in [-0.1, -0.05) is 13.8 Å². The molecule has 0 fully saturated rings. The summed E-state index contributed by atoms with van der Waals surface area (Å²) in [5.41, 5.74) is 1.18. The summed E-state index contributed by atoms with van der Waals surface area (Å²) in [6.45, 7) is 3.84. The number of fused-ring (bicyclic) bond motifs is 1. The minimum Gasteiger partial charge on any atom is -0.497 e. The topological polar surface area (TPSA) is 71.2 Å². The van der Waals surface area contributed by atoms with Gasteiger partial charge in [0.15, 0.2) is 5.43 Å². The molecule has 0 radical (unpaired) electrons. The fraction of sp³-hybridized carbons (Fsp3) is 0.333. The maximum absolute atomic E-state index is 12.4. The Morgan fingerprint density at radius 3 is 2.80 bits per heavy atom. The van der Waals surface area contributed by atoms with Crippen molar-refractivity contribution in [2.24, 2.45) is 5.92 Å². The normalized spacial score (nSPS) is 10.8. The Balaban J connectivity index is 2.33. The molecular formula is C15H18N2O3. The third-order valence-corrected chi connectivity index (χ3v) is 3.14. The molecule has 0 aliphatic heterocycles. The van der Waals surface area contributed by atoms with Crippen molar-refractivity contribution in [1.82, 2.24) is 10.3 Å². The third-order valence-electron chi connectivity index (χ3n) is 3.14. The van der Waals surface area contributed by atoms with E-state index in [9.17, 15) is 9.59 Å². The van der Waals surface area contributed by atoms with Crippen LogP contribution in [0, 0.1) is 5.92 Å². The number of carbonyl (C=O) groups is 1. The molecule has 0 unspecified atom stereocenters. The summed E-state index contributed by atoms with van der Waals surface area (Å²) in [6, 6.07) is 5.28. The van der Waals surface area contributed by atoms with Crippen LogP contribution in [0.4, 0.5) is 0 Å². The van der Waals surface area contributed by atoms with Gasteiger partial charge in [-0.15, -0.1) is 0 Å². The first kappa shape index (κ1) is 14.1. The van der Waals surface area contributed by atoms with Crippen LogP contribution in [0.3, 0.4) is 0 Å². The first-order valence-electron chi connectivity index (χ1n) is 6.49. The van der Waals surface area contributed by atoms with Crippen molar-refractivity contribution >= 4 is 16.8 Å². The van der Waals surface area contributed by atoms with Gasteiger partial charge in [-0.2, -0.15) is 0 Å². The van der Waals surface area contributed by atoms with Crippen LogP contribution in [0.15, 0.2) is 29.2 Å². The van der Waals surface area contributed by atoms with Crippen LogP contribution in [0.5, 0.6) is 5.75 Å². The lowest BCUT2D eigenvalue weighted by molar-refractivity contribution is -0.124. The van der Waals surface area contributed by atoms with Gasteiger partial charge in [0.25, 0.3) is 0 Å². The smallest absolute Gasteiger partial charge is 0.222 e. The number of rotatable bonds is 4. The number of aromatic nitrogens is 1. The SMILES string of the molecule is COc1ccc2[nH]cc(CNC(=O)C(C)C)c(=O)c2c1. The summed E-state index contributed by atoms with van der Waals surface area (Å²) in [6.07, 6.45) is 1.64. The van der Waals surface area contributed by atoms with Crippen molar-refractivity contribution in [2.75, 3.05) is 7.11 Å². The predicted octanol–water partition coefficient (Wildman–Crippen LogP) is 1.81. The van der Waals surface area contributed by atoms with Crippen LogP contribution < -0.4 is 15.5 Å². The summed E-state index contributed by atoms with van der Waals surface area (Å²) < 4.78 is 5.12. The number of nitrogens with one attached hydrogen (secondary N) is 2. The molecular weight excluding hydrogens is 256 g/mol. The highest BCUT2D eigenvalue weighted by Gasteiger charge is 2.09. The van der Waals surface area contributed by atoms with E-state index in [0.717, 1.165) is 5.52 Å². The monoisotopic (exact) mass is 274 g/mol. The molecule has 0 aliphatic carbocycles. The fourth-order valence-corrected chi connectivity index (χ4v) is 1.89. The molecule has 0 atom stereocenters. The summed E-state index contributed by atoms with van der Waals surface area (Å²) in [4.78, 5) is 27.0. The minimum atomic E-state index is -0.102. The lowest BCUT2D eigenvalue weighted by Crippen LogP contribution is -2.29. The number of hydrogen-bond acceptors (Lipinski definition) is 3. The Morgan fingerprint density at radius 2 is 2.15 bits per heavy atom. The predicted molar refractivity (Wildman–Crippen MR) is 77.8 cm³/mol. The van der Waals surface area contributed by atoms with Crippen molar-refractivity contribution in [2.45, 2.75) is 20.4 Å². The molecule has 1 amide bonds. The number of methoxy groups -OCH3 is 1. The van der Waals surface area contributed by atoms with E-state index in [-0.39, 0.29) is 23.8 Å². The molecule has 20 heavy (non-hydrogen) atoms. The van der Waals surface area contributed by atoms with Gasteiger partial charge in [0, 0.05) is 35.1 Å². The Hall–Kier alpha value is -2.30. The molecule has 0 saturated heterocycles. The number of amides is 1. The molecule has 106 valence electrons. The average molecular weight is 274 g/mol. The Morgan fingerprint density at radius 1 is 1.40 bits per heavy atom. The molecule has 0 aliphatic rings. The number of aromatic amines is 1. The second-order valence-corrected chi connectivity index (χ2v) is 4.93. The molecule has 5 nitrogen and oxygen atoms in total. The van der Waals surface area contributed by atoms with Crippen molar-refractivity contribution in [3.05, 3.63) is 40.2 Å². The number of benzene rings is 1. The second-order valence-electron chi connectivity index (χ2n) is 4.93. The van der Waals surface area contributed by atoms with Gasteiger partial charge < -0.3 is 15.0 Å². The molecule has 1 heterocycles. The highest BCUT2D eigenvalue weighted by Crippen LogP contribution is 2.16. The quantitative estimate of drug-likeness (QED) is 0.893. The molecule has 2 N–H and O–H groups in total. The zero-order valence-electron chi connectivity index (χ0n) is 11.8. The van der Waals surface area contributed by atoms with Crippen molar-refractivity contribution in [3.63, 3.8) is 0 Å². The van der Waals surface area contributed by atoms with E-state index in [4.69, 9.17) is 4.74 Å². The molecule has 5 heteroatoms. The summed E-state index contributed by atoms with van der Waals surface area (Å²) >= 11 is 0. The second kappa shape index (κ2) is 5.77. The first-order valence-corrected chi connectivity index (χ1v) is 6.49. The third kappa shape index (κ3) is 2.82. The van der Waals surface area contributed by atoms with Crippen LogP contribution in [0.25, 0.3) is 10.9 Å². The molecule has 1 aromatic carbocycles. The Kier molecular flexibility index (Phi) is 4.08. The Labute approximate surface area is 117 Å². The van der Waals surface area contributed by atoms with Gasteiger partial charge >= 0.3 is 0 Å². The maximum Gasteiger partial charge on any atom is 0.222 e. The maximum atomic E-state index is 12.4. The van der Waals surface area contributed by atoms with Crippen LogP contribution in [0.2, 0.25) is 0 Å². The Bertz CT molecular complexity index is 689. The van der Waals surface area contributed by atoms with E-state index in [2.05, 4.69) is 10.3 Å². The number of pyridine rings is 1. The highest BCUT2D eigenvalue weighted by molar-refractivity contribution is 5.81. The van der Waals surface area contributed by atoms with Crippen molar-refractivity contribution in [3.8, 4) is 5.75 Å². The van der Waals surface area contributed by atoms with Gasteiger partial charge in [0.05, 0.1) is 7.11 Å². The lowest BCUT2D eigenvalue weighted by atomic mass is 10.1. The van der Waals surface area contributed by atoms with Crippen molar-refractivity contribution in [1.29, 1.82) is 0 Å². The fourth-order valence-electron chi connectivity index (χ4n) is 1.89. The van der Waals surface area contributed by atoms with Gasteiger partial charge in [0.2, 0.25) is 5.91 Å². The van der Waals surface area contributed by atoms with Gasteiger partial charge in [-0.3, -0.25) is 9.59 Å². The number of carbonyl (C=O) groups excluding carboxylic acids is 1. The number of H-pyrrole nitrogens is 1. The first-order chi connectivity index (χ1) is 9.52. The number of hydrogen-bond donors (Lipinski definition) is 2. The average Bonchev–Trinajstić information content (AvgIpc) is 2.45. The minimum absolute atomic E-state index is 0.0739. The van der Waals surface area contributed by atoms with Gasteiger partial charge in [-0.05, 0) is 18.2 Å². The van der Waals surface area contributed by atoms with E-state index in [0.29, 0.717) is 16.7 Å². The van der Waals surface area contributed by atoms with E-state index in [1.54, 1.807) is 31.5 Å². The zero-order valence-corrected chi connectivity index (χ0v) is 11.8. The lowest BCUT2D eigenvalue weighted by Gasteiger charge is -2.08.